The topological polar surface area (TPSA) is 75.7 Å². The quantitative estimate of drug-likeness (QED) is 0.797. The summed E-state index contributed by atoms with van der Waals surface area (Å²) in [5.74, 6) is 0.641. The van der Waals surface area contributed by atoms with Crippen molar-refractivity contribution in [1.29, 1.82) is 0 Å². The molecule has 6 nitrogen and oxygen atoms in total. The molecule has 2 heterocycles. The lowest BCUT2D eigenvalue weighted by Gasteiger charge is -2.32. The van der Waals surface area contributed by atoms with E-state index in [1.165, 1.54) is 11.3 Å². The van der Waals surface area contributed by atoms with Crippen LogP contribution in [0.5, 0.6) is 5.75 Å². The molecule has 1 aliphatic heterocycles. The number of thiophene rings is 1. The highest BCUT2D eigenvalue weighted by Gasteiger charge is 2.27. The molecule has 0 atom stereocenters. The maximum absolute atomic E-state index is 12.4. The molecular weight excluding hydrogens is 384 g/mol. The second-order valence-corrected chi connectivity index (χ2v) is 9.65. The highest BCUT2D eigenvalue weighted by atomic mass is 32.2. The summed E-state index contributed by atoms with van der Waals surface area (Å²) >= 11 is 1.20. The van der Waals surface area contributed by atoms with Crippen LogP contribution in [-0.4, -0.2) is 45.0 Å². The van der Waals surface area contributed by atoms with Crippen molar-refractivity contribution < 1.29 is 17.9 Å². The van der Waals surface area contributed by atoms with Gasteiger partial charge in [0.05, 0.1) is 0 Å². The molecule has 1 fully saturated rings. The van der Waals surface area contributed by atoms with Crippen molar-refractivity contribution >= 4 is 27.3 Å². The molecule has 0 aliphatic carbocycles. The molecule has 0 radical (unpaired) electrons. The molecule has 0 spiro atoms. The van der Waals surface area contributed by atoms with Crippen LogP contribution in [0.25, 0.3) is 0 Å². The van der Waals surface area contributed by atoms with Crippen LogP contribution in [-0.2, 0) is 14.8 Å². The van der Waals surface area contributed by atoms with Gasteiger partial charge in [0, 0.05) is 19.1 Å². The van der Waals surface area contributed by atoms with Crippen molar-refractivity contribution in [3.05, 3.63) is 46.8 Å². The van der Waals surface area contributed by atoms with Gasteiger partial charge in [0.1, 0.15) is 9.96 Å². The zero-order valence-electron chi connectivity index (χ0n) is 15.5. The number of amides is 1. The van der Waals surface area contributed by atoms with Crippen molar-refractivity contribution in [2.75, 3.05) is 19.7 Å². The van der Waals surface area contributed by atoms with E-state index in [1.807, 2.05) is 32.0 Å². The number of carbonyl (C=O) groups excluding carboxylic acids is 1. The van der Waals surface area contributed by atoms with E-state index in [2.05, 4.69) is 4.72 Å². The Labute approximate surface area is 164 Å². The minimum atomic E-state index is -3.47. The van der Waals surface area contributed by atoms with E-state index < -0.39 is 10.0 Å². The molecular formula is C19H24N2O4S2. The highest BCUT2D eigenvalue weighted by Crippen LogP contribution is 2.20. The Hall–Kier alpha value is -1.90. The van der Waals surface area contributed by atoms with E-state index in [-0.39, 0.29) is 18.6 Å². The van der Waals surface area contributed by atoms with Crippen LogP contribution in [0.15, 0.2) is 39.9 Å². The van der Waals surface area contributed by atoms with E-state index in [1.54, 1.807) is 22.4 Å². The monoisotopic (exact) mass is 408 g/mol. The van der Waals surface area contributed by atoms with Crippen molar-refractivity contribution in [3.63, 3.8) is 0 Å². The molecule has 1 aromatic heterocycles. The van der Waals surface area contributed by atoms with Gasteiger partial charge < -0.3 is 9.64 Å². The SMILES string of the molecule is Cc1ccc(OCC(=O)N2CCC(NS(=O)(=O)c3cccs3)CC2)c(C)c1. The Morgan fingerprint density at radius 1 is 1.26 bits per heavy atom. The van der Waals surface area contributed by atoms with Crippen molar-refractivity contribution in [2.24, 2.45) is 0 Å². The van der Waals surface area contributed by atoms with Gasteiger partial charge in [-0.15, -0.1) is 11.3 Å². The number of nitrogens with one attached hydrogen (secondary N) is 1. The van der Waals surface area contributed by atoms with Gasteiger partial charge in [-0.3, -0.25) is 4.79 Å². The molecule has 146 valence electrons. The number of hydrogen-bond donors (Lipinski definition) is 1. The largest absolute Gasteiger partial charge is 0.484 e. The molecule has 0 bridgehead atoms. The Balaban J connectivity index is 1.48. The third-order valence-electron chi connectivity index (χ3n) is 4.61. The first-order valence-corrected chi connectivity index (χ1v) is 11.2. The molecule has 1 aliphatic rings. The van der Waals surface area contributed by atoms with Crippen molar-refractivity contribution in [1.82, 2.24) is 9.62 Å². The van der Waals surface area contributed by atoms with Crippen LogP contribution in [0.3, 0.4) is 0 Å². The fourth-order valence-corrected chi connectivity index (χ4v) is 5.45. The van der Waals surface area contributed by atoms with Crippen LogP contribution in [0.1, 0.15) is 24.0 Å². The number of rotatable bonds is 6. The summed E-state index contributed by atoms with van der Waals surface area (Å²) in [6.45, 7) is 5.01. The van der Waals surface area contributed by atoms with Gasteiger partial charge in [-0.05, 0) is 49.8 Å². The average molecular weight is 409 g/mol. The minimum Gasteiger partial charge on any atom is -0.484 e. The van der Waals surface area contributed by atoms with Crippen LogP contribution in [0.4, 0.5) is 0 Å². The zero-order chi connectivity index (χ0) is 19.4. The second-order valence-electron chi connectivity index (χ2n) is 6.77. The molecule has 1 saturated heterocycles. The average Bonchev–Trinajstić information content (AvgIpc) is 3.17. The molecule has 27 heavy (non-hydrogen) atoms. The number of sulfonamides is 1. The number of piperidine rings is 1. The summed E-state index contributed by atoms with van der Waals surface area (Å²) in [5, 5.41) is 1.74. The summed E-state index contributed by atoms with van der Waals surface area (Å²) in [6, 6.07) is 9.01. The molecule has 3 rings (SSSR count). The second kappa shape index (κ2) is 8.41. The maximum Gasteiger partial charge on any atom is 0.260 e. The maximum atomic E-state index is 12.4. The van der Waals surface area contributed by atoms with Crippen molar-refractivity contribution in [2.45, 2.75) is 36.9 Å². The highest BCUT2D eigenvalue weighted by molar-refractivity contribution is 7.91. The van der Waals surface area contributed by atoms with Gasteiger partial charge in [0.2, 0.25) is 10.0 Å². The first-order chi connectivity index (χ1) is 12.8. The molecule has 0 saturated carbocycles. The fourth-order valence-electron chi connectivity index (χ4n) is 3.13. The number of aryl methyl sites for hydroxylation is 2. The minimum absolute atomic E-state index is 0.00447. The molecule has 1 amide bonds. The lowest BCUT2D eigenvalue weighted by molar-refractivity contribution is -0.134. The van der Waals surface area contributed by atoms with Gasteiger partial charge in [-0.25, -0.2) is 13.1 Å². The van der Waals surface area contributed by atoms with E-state index in [0.29, 0.717) is 35.9 Å². The van der Waals surface area contributed by atoms with E-state index in [9.17, 15) is 13.2 Å². The summed E-state index contributed by atoms with van der Waals surface area (Å²) < 4.78 is 33.3. The van der Waals surface area contributed by atoms with Crippen LogP contribution in [0, 0.1) is 13.8 Å². The molecule has 8 heteroatoms. The van der Waals surface area contributed by atoms with Gasteiger partial charge in [0.25, 0.3) is 5.91 Å². The van der Waals surface area contributed by atoms with Gasteiger partial charge in [-0.2, -0.15) is 0 Å². The molecule has 1 N–H and O–H groups in total. The van der Waals surface area contributed by atoms with Gasteiger partial charge in [-0.1, -0.05) is 23.8 Å². The number of carbonyl (C=O) groups is 1. The smallest absolute Gasteiger partial charge is 0.260 e. The number of nitrogens with zero attached hydrogens (tertiary/aromatic N) is 1. The lowest BCUT2D eigenvalue weighted by atomic mass is 10.1. The molecule has 2 aromatic rings. The lowest BCUT2D eigenvalue weighted by Crippen LogP contribution is -2.47. The third-order valence-corrected chi connectivity index (χ3v) is 7.53. The van der Waals surface area contributed by atoms with Crippen LogP contribution in [0.2, 0.25) is 0 Å². The fraction of sp³-hybridized carbons (Fsp3) is 0.421. The zero-order valence-corrected chi connectivity index (χ0v) is 17.1. The molecule has 1 aromatic carbocycles. The van der Waals surface area contributed by atoms with E-state index >= 15 is 0 Å². The summed E-state index contributed by atoms with van der Waals surface area (Å²) in [7, 11) is -3.47. The Kier molecular flexibility index (Phi) is 6.18. The Morgan fingerprint density at radius 2 is 2.00 bits per heavy atom. The van der Waals surface area contributed by atoms with Crippen LogP contribution < -0.4 is 9.46 Å². The standard InChI is InChI=1S/C19H24N2O4S2/c1-14-5-6-17(15(2)12-14)25-13-18(22)21-9-7-16(8-10-21)20-27(23,24)19-4-3-11-26-19/h3-6,11-12,16,20H,7-10,13H2,1-2H3. The van der Waals surface area contributed by atoms with E-state index in [0.717, 1.165) is 11.1 Å². The predicted octanol–water partition coefficient (Wildman–Crippen LogP) is 2.71. The first-order valence-electron chi connectivity index (χ1n) is 8.89. The van der Waals surface area contributed by atoms with E-state index in [4.69, 9.17) is 4.74 Å². The van der Waals surface area contributed by atoms with Crippen LogP contribution >= 0.6 is 11.3 Å². The Morgan fingerprint density at radius 3 is 2.63 bits per heavy atom. The van der Waals surface area contributed by atoms with Crippen molar-refractivity contribution in [3.8, 4) is 5.75 Å². The van der Waals surface area contributed by atoms with Gasteiger partial charge >= 0.3 is 0 Å². The number of ether oxygens (including phenoxy) is 1. The number of benzene rings is 1. The predicted molar refractivity (Wildman–Crippen MR) is 106 cm³/mol. The summed E-state index contributed by atoms with van der Waals surface area (Å²) in [6.07, 6.45) is 1.19. The van der Waals surface area contributed by atoms with Gasteiger partial charge in [0.15, 0.2) is 6.61 Å². The summed E-state index contributed by atoms with van der Waals surface area (Å²) in [4.78, 5) is 14.1. The molecule has 0 unspecified atom stereocenters. The normalized spacial score (nSPS) is 15.7. The summed E-state index contributed by atoms with van der Waals surface area (Å²) in [5.41, 5.74) is 2.16. The number of likely N-dealkylation sites (tertiary alicyclic amines) is 1. The first kappa shape index (κ1) is 19.9. The Bertz CT molecular complexity index is 886. The third kappa shape index (κ3) is 5.09. The number of hydrogen-bond acceptors (Lipinski definition) is 5.